The largest absolute Gasteiger partial charge is 0.316 e. The molecule has 17 heavy (non-hydrogen) atoms. The predicted octanol–water partition coefficient (Wildman–Crippen LogP) is 4.33. The zero-order chi connectivity index (χ0) is 12.3. The van der Waals surface area contributed by atoms with Gasteiger partial charge in [-0.05, 0) is 42.9 Å². The number of nitrogens with one attached hydrogen (secondary N) is 1. The zero-order valence-electron chi connectivity index (χ0n) is 10.8. The van der Waals surface area contributed by atoms with Crippen LogP contribution in [0.2, 0.25) is 0 Å². The van der Waals surface area contributed by atoms with E-state index in [-0.39, 0.29) is 0 Å². The maximum Gasteiger partial charge on any atom is 0.0210 e. The van der Waals surface area contributed by atoms with Crippen LogP contribution in [0.4, 0.5) is 0 Å². The third-order valence-electron chi connectivity index (χ3n) is 4.58. The van der Waals surface area contributed by atoms with Crippen LogP contribution in [0.1, 0.15) is 44.6 Å². The van der Waals surface area contributed by atoms with E-state index >= 15 is 0 Å². The van der Waals surface area contributed by atoms with E-state index in [0.29, 0.717) is 11.3 Å². The van der Waals surface area contributed by atoms with Crippen LogP contribution < -0.4 is 5.32 Å². The van der Waals surface area contributed by atoms with Crippen LogP contribution in [0.15, 0.2) is 28.7 Å². The number of rotatable bonds is 3. The molecule has 0 saturated carbocycles. The van der Waals surface area contributed by atoms with Gasteiger partial charge in [-0.25, -0.2) is 0 Å². The molecule has 0 spiro atoms. The van der Waals surface area contributed by atoms with Gasteiger partial charge in [-0.2, -0.15) is 0 Å². The monoisotopic (exact) mass is 295 g/mol. The van der Waals surface area contributed by atoms with Crippen molar-refractivity contribution in [2.24, 2.45) is 5.41 Å². The second-order valence-electron chi connectivity index (χ2n) is 5.10. The van der Waals surface area contributed by atoms with Crippen molar-refractivity contribution in [1.82, 2.24) is 5.32 Å². The molecule has 1 atom stereocenters. The Balaban J connectivity index is 2.37. The molecule has 1 N–H and O–H groups in total. The highest BCUT2D eigenvalue weighted by Crippen LogP contribution is 2.47. The van der Waals surface area contributed by atoms with Crippen LogP contribution in [-0.4, -0.2) is 13.1 Å². The van der Waals surface area contributed by atoms with E-state index < -0.39 is 0 Å². The molecule has 1 unspecified atom stereocenters. The summed E-state index contributed by atoms with van der Waals surface area (Å²) < 4.78 is 1.26. The normalized spacial score (nSPS) is 23.6. The number of hydrogen-bond acceptors (Lipinski definition) is 1. The molecule has 1 aromatic rings. The topological polar surface area (TPSA) is 12.0 Å². The lowest BCUT2D eigenvalue weighted by Gasteiger charge is -2.44. The van der Waals surface area contributed by atoms with Crippen molar-refractivity contribution in [2.45, 2.75) is 39.0 Å². The van der Waals surface area contributed by atoms with Gasteiger partial charge in [-0.1, -0.05) is 48.0 Å². The summed E-state index contributed by atoms with van der Waals surface area (Å²) in [5.41, 5.74) is 1.96. The van der Waals surface area contributed by atoms with Crippen molar-refractivity contribution in [2.75, 3.05) is 13.1 Å². The van der Waals surface area contributed by atoms with E-state index in [1.807, 2.05) is 0 Å². The van der Waals surface area contributed by atoms with Crippen LogP contribution in [0.5, 0.6) is 0 Å². The molecule has 1 aromatic carbocycles. The van der Waals surface area contributed by atoms with Crippen LogP contribution >= 0.6 is 15.9 Å². The Morgan fingerprint density at radius 2 is 2.00 bits per heavy atom. The first kappa shape index (κ1) is 13.1. The molecule has 0 aliphatic carbocycles. The van der Waals surface area contributed by atoms with Gasteiger partial charge in [-0.3, -0.25) is 0 Å². The average Bonchev–Trinajstić information content (AvgIpc) is 2.39. The molecule has 0 radical (unpaired) electrons. The standard InChI is InChI=1S/C15H22BrN/c1-3-15(4-2)9-10-17-11-13(15)12-7-5-6-8-14(12)16/h5-8,13,17H,3-4,9-11H2,1-2H3. The van der Waals surface area contributed by atoms with E-state index in [0.717, 1.165) is 6.54 Å². The van der Waals surface area contributed by atoms with Crippen molar-refractivity contribution in [3.05, 3.63) is 34.3 Å². The second kappa shape index (κ2) is 5.53. The molecule has 0 aromatic heterocycles. The summed E-state index contributed by atoms with van der Waals surface area (Å²) in [5, 5.41) is 3.56. The van der Waals surface area contributed by atoms with E-state index in [1.54, 1.807) is 0 Å². The average molecular weight is 296 g/mol. The van der Waals surface area contributed by atoms with Crippen LogP contribution in [0, 0.1) is 5.41 Å². The Hall–Kier alpha value is -0.340. The smallest absolute Gasteiger partial charge is 0.0210 e. The van der Waals surface area contributed by atoms with Gasteiger partial charge in [0.25, 0.3) is 0 Å². The highest BCUT2D eigenvalue weighted by atomic mass is 79.9. The molecule has 0 amide bonds. The first-order chi connectivity index (χ1) is 8.23. The summed E-state index contributed by atoms with van der Waals surface area (Å²) in [6.07, 6.45) is 3.85. The fourth-order valence-electron chi connectivity index (χ4n) is 3.27. The molecule has 1 aliphatic rings. The second-order valence-corrected chi connectivity index (χ2v) is 5.95. The van der Waals surface area contributed by atoms with Gasteiger partial charge < -0.3 is 5.32 Å². The Morgan fingerprint density at radius 3 is 2.65 bits per heavy atom. The van der Waals surface area contributed by atoms with Gasteiger partial charge in [0, 0.05) is 16.9 Å². The number of halogens is 1. The maximum atomic E-state index is 3.71. The van der Waals surface area contributed by atoms with E-state index in [9.17, 15) is 0 Å². The Kier molecular flexibility index (Phi) is 4.26. The molecule has 0 bridgehead atoms. The van der Waals surface area contributed by atoms with Crippen LogP contribution in [-0.2, 0) is 0 Å². The molecule has 94 valence electrons. The Labute approximate surface area is 113 Å². The minimum absolute atomic E-state index is 0.481. The van der Waals surface area contributed by atoms with Gasteiger partial charge in [0.15, 0.2) is 0 Å². The van der Waals surface area contributed by atoms with Crippen molar-refractivity contribution in [3.63, 3.8) is 0 Å². The SMILES string of the molecule is CCC1(CC)CCNCC1c1ccccc1Br. The van der Waals surface area contributed by atoms with E-state index in [4.69, 9.17) is 0 Å². The summed E-state index contributed by atoms with van der Waals surface area (Å²) in [6.45, 7) is 6.98. The van der Waals surface area contributed by atoms with E-state index in [2.05, 4.69) is 59.4 Å². The third kappa shape index (κ3) is 2.43. The minimum atomic E-state index is 0.481. The van der Waals surface area contributed by atoms with Crippen molar-refractivity contribution in [3.8, 4) is 0 Å². The summed E-state index contributed by atoms with van der Waals surface area (Å²) in [4.78, 5) is 0. The highest BCUT2D eigenvalue weighted by Gasteiger charge is 2.39. The van der Waals surface area contributed by atoms with Crippen LogP contribution in [0.3, 0.4) is 0 Å². The Bertz CT molecular complexity index is 371. The number of piperidine rings is 1. The molecule has 1 heterocycles. The first-order valence-corrected chi connectivity index (χ1v) is 7.48. The quantitative estimate of drug-likeness (QED) is 0.875. The molecule has 1 fully saturated rings. The van der Waals surface area contributed by atoms with Gasteiger partial charge in [0.1, 0.15) is 0 Å². The zero-order valence-corrected chi connectivity index (χ0v) is 12.4. The molecule has 1 aliphatic heterocycles. The summed E-state index contributed by atoms with van der Waals surface area (Å²) >= 11 is 3.71. The van der Waals surface area contributed by atoms with Crippen molar-refractivity contribution in [1.29, 1.82) is 0 Å². The molecule has 2 heteroatoms. The minimum Gasteiger partial charge on any atom is -0.316 e. The van der Waals surface area contributed by atoms with Gasteiger partial charge in [0.2, 0.25) is 0 Å². The molecule has 1 nitrogen and oxygen atoms in total. The molecular formula is C15H22BrN. The fourth-order valence-corrected chi connectivity index (χ4v) is 3.83. The highest BCUT2D eigenvalue weighted by molar-refractivity contribution is 9.10. The number of benzene rings is 1. The summed E-state index contributed by atoms with van der Waals surface area (Å²) in [6, 6.07) is 8.70. The molecule has 1 saturated heterocycles. The third-order valence-corrected chi connectivity index (χ3v) is 5.30. The van der Waals surface area contributed by atoms with Gasteiger partial charge >= 0.3 is 0 Å². The molecular weight excluding hydrogens is 274 g/mol. The Morgan fingerprint density at radius 1 is 1.29 bits per heavy atom. The lowest BCUT2D eigenvalue weighted by molar-refractivity contribution is 0.147. The van der Waals surface area contributed by atoms with Crippen molar-refractivity contribution < 1.29 is 0 Å². The maximum absolute atomic E-state index is 3.71. The van der Waals surface area contributed by atoms with Gasteiger partial charge in [0.05, 0.1) is 0 Å². The fraction of sp³-hybridized carbons (Fsp3) is 0.600. The van der Waals surface area contributed by atoms with Crippen molar-refractivity contribution >= 4 is 15.9 Å². The molecule has 2 rings (SSSR count). The predicted molar refractivity (Wildman–Crippen MR) is 77.4 cm³/mol. The lowest BCUT2D eigenvalue weighted by atomic mass is 9.65. The first-order valence-electron chi connectivity index (χ1n) is 6.68. The summed E-state index contributed by atoms with van der Waals surface area (Å²) in [5.74, 6) is 0.641. The lowest BCUT2D eigenvalue weighted by Crippen LogP contribution is -2.43. The van der Waals surface area contributed by atoms with Gasteiger partial charge in [-0.15, -0.1) is 0 Å². The summed E-state index contributed by atoms with van der Waals surface area (Å²) in [7, 11) is 0. The van der Waals surface area contributed by atoms with E-state index in [1.165, 1.54) is 35.8 Å². The van der Waals surface area contributed by atoms with Crippen LogP contribution in [0.25, 0.3) is 0 Å². The number of hydrogen-bond donors (Lipinski definition) is 1.